The van der Waals surface area contributed by atoms with Crippen molar-refractivity contribution in [3.05, 3.63) is 28.8 Å². The Bertz CT molecular complexity index is 361. The molecule has 3 heteroatoms. The van der Waals surface area contributed by atoms with Crippen LogP contribution >= 0.6 is 11.6 Å². The highest BCUT2D eigenvalue weighted by Gasteiger charge is 2.19. The van der Waals surface area contributed by atoms with Gasteiger partial charge in [0.25, 0.3) is 0 Å². The van der Waals surface area contributed by atoms with Gasteiger partial charge in [0.2, 0.25) is 0 Å². The molecule has 0 saturated carbocycles. The van der Waals surface area contributed by atoms with Crippen LogP contribution < -0.4 is 10.1 Å². The minimum atomic E-state index is -0.0833. The van der Waals surface area contributed by atoms with Gasteiger partial charge >= 0.3 is 0 Å². The highest BCUT2D eigenvalue weighted by molar-refractivity contribution is 6.32. The van der Waals surface area contributed by atoms with E-state index < -0.39 is 0 Å². The average Bonchev–Trinajstić information content (AvgIpc) is 2.20. The van der Waals surface area contributed by atoms with E-state index in [0.29, 0.717) is 5.02 Å². The number of rotatable bonds is 4. The zero-order valence-electron chi connectivity index (χ0n) is 10.6. The second-order valence-electron chi connectivity index (χ2n) is 4.69. The maximum Gasteiger partial charge on any atom is 0.138 e. The summed E-state index contributed by atoms with van der Waals surface area (Å²) in [5.41, 5.74) is 1.07. The summed E-state index contributed by atoms with van der Waals surface area (Å²) in [4.78, 5) is 0. The van der Waals surface area contributed by atoms with Crippen molar-refractivity contribution in [2.45, 2.75) is 39.3 Å². The summed E-state index contributed by atoms with van der Waals surface area (Å²) < 4.78 is 5.59. The highest BCUT2D eigenvalue weighted by atomic mass is 35.5. The predicted octanol–water partition coefficient (Wildman–Crippen LogP) is 3.58. The molecule has 0 aliphatic carbocycles. The summed E-state index contributed by atoms with van der Waals surface area (Å²) in [5, 5.41) is 3.91. The number of hydrogen-bond acceptors (Lipinski definition) is 2. The first-order valence-corrected chi connectivity index (χ1v) is 5.90. The molecule has 0 amide bonds. The Hall–Kier alpha value is -0.730. The first kappa shape index (κ1) is 13.3. The van der Waals surface area contributed by atoms with Crippen LogP contribution in [0.25, 0.3) is 0 Å². The highest BCUT2D eigenvalue weighted by Crippen LogP contribution is 2.30. The van der Waals surface area contributed by atoms with E-state index in [4.69, 9.17) is 16.3 Å². The van der Waals surface area contributed by atoms with E-state index in [1.807, 2.05) is 39.1 Å². The normalized spacial score (nSPS) is 11.9. The number of benzene rings is 1. The van der Waals surface area contributed by atoms with Gasteiger partial charge in [-0.2, -0.15) is 0 Å². The van der Waals surface area contributed by atoms with Crippen LogP contribution in [0.3, 0.4) is 0 Å². The minimum Gasteiger partial charge on any atom is -0.489 e. The van der Waals surface area contributed by atoms with Gasteiger partial charge in [-0.15, -0.1) is 0 Å². The van der Waals surface area contributed by atoms with E-state index in [1.165, 1.54) is 0 Å². The third-order valence-electron chi connectivity index (χ3n) is 2.64. The topological polar surface area (TPSA) is 21.3 Å². The molecule has 90 valence electrons. The van der Waals surface area contributed by atoms with Gasteiger partial charge in [-0.25, -0.2) is 0 Å². The van der Waals surface area contributed by atoms with Crippen LogP contribution in [0.4, 0.5) is 0 Å². The van der Waals surface area contributed by atoms with Crippen molar-refractivity contribution in [2.75, 3.05) is 7.05 Å². The zero-order valence-corrected chi connectivity index (χ0v) is 11.4. The van der Waals surface area contributed by atoms with Crippen LogP contribution in [0.1, 0.15) is 33.3 Å². The van der Waals surface area contributed by atoms with E-state index in [1.54, 1.807) is 0 Å². The van der Waals surface area contributed by atoms with Crippen LogP contribution in [0.2, 0.25) is 5.02 Å². The number of halogens is 1. The quantitative estimate of drug-likeness (QED) is 0.870. The maximum absolute atomic E-state index is 6.18. The Morgan fingerprint density at radius 1 is 1.31 bits per heavy atom. The Kier molecular flexibility index (Phi) is 4.22. The Labute approximate surface area is 103 Å². The Balaban J connectivity index is 2.99. The standard InChI is InChI=1S/C13H20ClNO/c1-9(2)16-12-7-6-10(8-11(12)14)13(3,4)15-5/h6-9,15H,1-5H3. The molecule has 0 fully saturated rings. The van der Waals surface area contributed by atoms with Crippen molar-refractivity contribution in [2.24, 2.45) is 0 Å². The fourth-order valence-corrected chi connectivity index (χ4v) is 1.61. The van der Waals surface area contributed by atoms with Gasteiger partial charge in [0.15, 0.2) is 0 Å². The summed E-state index contributed by atoms with van der Waals surface area (Å²) in [5.74, 6) is 0.743. The SMILES string of the molecule is CNC(C)(C)c1ccc(OC(C)C)c(Cl)c1. The molecule has 1 N–H and O–H groups in total. The van der Waals surface area contributed by atoms with E-state index >= 15 is 0 Å². The summed E-state index contributed by atoms with van der Waals surface area (Å²) in [6.07, 6.45) is 0.140. The summed E-state index contributed by atoms with van der Waals surface area (Å²) in [6, 6.07) is 5.92. The van der Waals surface area contributed by atoms with Gasteiger partial charge in [-0.1, -0.05) is 17.7 Å². The molecule has 0 aromatic heterocycles. The molecule has 0 aliphatic heterocycles. The minimum absolute atomic E-state index is 0.0833. The van der Waals surface area contributed by atoms with Crippen molar-refractivity contribution in [3.63, 3.8) is 0 Å². The lowest BCUT2D eigenvalue weighted by Crippen LogP contribution is -2.33. The van der Waals surface area contributed by atoms with Gasteiger partial charge in [0.05, 0.1) is 11.1 Å². The molecule has 0 aliphatic rings. The van der Waals surface area contributed by atoms with Crippen LogP contribution in [0, 0.1) is 0 Å². The summed E-state index contributed by atoms with van der Waals surface area (Å²) in [7, 11) is 1.94. The maximum atomic E-state index is 6.18. The van der Waals surface area contributed by atoms with Crippen molar-refractivity contribution < 1.29 is 4.74 Å². The molecule has 2 nitrogen and oxygen atoms in total. The second-order valence-corrected chi connectivity index (χ2v) is 5.09. The monoisotopic (exact) mass is 241 g/mol. The fraction of sp³-hybridized carbons (Fsp3) is 0.538. The lowest BCUT2D eigenvalue weighted by Gasteiger charge is -2.25. The number of ether oxygens (including phenoxy) is 1. The van der Waals surface area contributed by atoms with Gasteiger partial charge in [0, 0.05) is 5.54 Å². The Morgan fingerprint density at radius 3 is 2.38 bits per heavy atom. The molecular formula is C13H20ClNO. The molecule has 0 heterocycles. The molecule has 1 aromatic carbocycles. The number of hydrogen-bond donors (Lipinski definition) is 1. The second kappa shape index (κ2) is 5.07. The molecule has 0 bridgehead atoms. The lowest BCUT2D eigenvalue weighted by molar-refractivity contribution is 0.242. The summed E-state index contributed by atoms with van der Waals surface area (Å²) in [6.45, 7) is 8.20. The van der Waals surface area contributed by atoms with Crippen molar-refractivity contribution >= 4 is 11.6 Å². The molecular weight excluding hydrogens is 222 g/mol. The van der Waals surface area contributed by atoms with Crippen LogP contribution in [0.15, 0.2) is 18.2 Å². The first-order chi connectivity index (χ1) is 7.36. The molecule has 0 atom stereocenters. The summed E-state index contributed by atoms with van der Waals surface area (Å²) >= 11 is 6.18. The largest absolute Gasteiger partial charge is 0.489 e. The third kappa shape index (κ3) is 3.13. The molecule has 0 saturated heterocycles. The predicted molar refractivity (Wildman–Crippen MR) is 69.3 cm³/mol. The van der Waals surface area contributed by atoms with Crippen molar-refractivity contribution in [1.29, 1.82) is 0 Å². The fourth-order valence-electron chi connectivity index (χ4n) is 1.38. The first-order valence-electron chi connectivity index (χ1n) is 5.52. The van der Waals surface area contributed by atoms with E-state index in [2.05, 4.69) is 19.2 Å². The van der Waals surface area contributed by atoms with Gasteiger partial charge in [-0.3, -0.25) is 0 Å². The van der Waals surface area contributed by atoms with Gasteiger partial charge < -0.3 is 10.1 Å². The molecule has 0 spiro atoms. The molecule has 1 rings (SSSR count). The van der Waals surface area contributed by atoms with E-state index in [9.17, 15) is 0 Å². The Morgan fingerprint density at radius 2 is 1.94 bits per heavy atom. The van der Waals surface area contributed by atoms with Crippen LogP contribution in [0.5, 0.6) is 5.75 Å². The zero-order chi connectivity index (χ0) is 12.3. The molecule has 0 unspecified atom stereocenters. The smallest absolute Gasteiger partial charge is 0.138 e. The molecule has 0 radical (unpaired) electrons. The van der Waals surface area contributed by atoms with Crippen molar-refractivity contribution in [1.82, 2.24) is 5.32 Å². The molecule has 1 aromatic rings. The third-order valence-corrected chi connectivity index (χ3v) is 2.94. The average molecular weight is 242 g/mol. The van der Waals surface area contributed by atoms with E-state index in [-0.39, 0.29) is 11.6 Å². The van der Waals surface area contributed by atoms with Gasteiger partial charge in [0.1, 0.15) is 5.75 Å². The van der Waals surface area contributed by atoms with Gasteiger partial charge in [-0.05, 0) is 52.4 Å². The molecule has 16 heavy (non-hydrogen) atoms. The van der Waals surface area contributed by atoms with Crippen molar-refractivity contribution in [3.8, 4) is 5.75 Å². The lowest BCUT2D eigenvalue weighted by atomic mass is 9.94. The van der Waals surface area contributed by atoms with Crippen LogP contribution in [-0.4, -0.2) is 13.2 Å². The van der Waals surface area contributed by atoms with Crippen LogP contribution in [-0.2, 0) is 5.54 Å². The van der Waals surface area contributed by atoms with E-state index in [0.717, 1.165) is 11.3 Å². The number of nitrogens with one attached hydrogen (secondary N) is 1.